The van der Waals surface area contributed by atoms with Crippen LogP contribution in [0, 0.1) is 5.92 Å². The molecule has 21 heavy (non-hydrogen) atoms. The molecule has 8 heteroatoms. The smallest absolute Gasteiger partial charge is 0.265 e. The number of aromatic nitrogens is 1. The fourth-order valence-electron chi connectivity index (χ4n) is 1.97. The number of thiazole rings is 1. The van der Waals surface area contributed by atoms with Gasteiger partial charge < -0.3 is 21.7 Å². The highest BCUT2D eigenvalue weighted by atomic mass is 32.1. The van der Waals surface area contributed by atoms with Crippen LogP contribution in [0.25, 0.3) is 0 Å². The summed E-state index contributed by atoms with van der Waals surface area (Å²) >= 11 is 1.25. The van der Waals surface area contributed by atoms with Gasteiger partial charge in [-0.3, -0.25) is 9.59 Å². The van der Waals surface area contributed by atoms with Gasteiger partial charge >= 0.3 is 0 Å². The Kier molecular flexibility index (Phi) is 5.00. The Hall–Kier alpha value is -1.83. The molecule has 1 aromatic heterocycles. The number of carbonyl (C=O) groups is 2. The number of hydrogen-bond acceptors (Lipinski definition) is 6. The second-order valence-corrected chi connectivity index (χ2v) is 6.52. The number of nitrogens with two attached hydrogens (primary N) is 1. The van der Waals surface area contributed by atoms with Crippen molar-refractivity contribution >= 4 is 34.1 Å². The lowest BCUT2D eigenvalue weighted by Crippen LogP contribution is -2.47. The molecule has 0 saturated carbocycles. The van der Waals surface area contributed by atoms with Gasteiger partial charge in [-0.05, 0) is 12.3 Å². The minimum atomic E-state index is -0.233. The Morgan fingerprint density at radius 3 is 2.95 bits per heavy atom. The predicted molar refractivity (Wildman–Crippen MR) is 83.4 cm³/mol. The summed E-state index contributed by atoms with van der Waals surface area (Å²) in [5, 5.41) is 9.43. The van der Waals surface area contributed by atoms with E-state index in [-0.39, 0.29) is 23.7 Å². The van der Waals surface area contributed by atoms with Crippen molar-refractivity contribution in [2.24, 2.45) is 5.92 Å². The average molecular weight is 311 g/mol. The van der Waals surface area contributed by atoms with Crippen molar-refractivity contribution in [3.8, 4) is 0 Å². The van der Waals surface area contributed by atoms with Crippen LogP contribution in [-0.4, -0.2) is 35.9 Å². The molecule has 5 N–H and O–H groups in total. The summed E-state index contributed by atoms with van der Waals surface area (Å²) in [7, 11) is 0. The second-order valence-electron chi connectivity index (χ2n) is 5.52. The first-order valence-corrected chi connectivity index (χ1v) is 7.85. The highest BCUT2D eigenvalue weighted by molar-refractivity contribution is 7.18. The number of amides is 2. The van der Waals surface area contributed by atoms with Gasteiger partial charge in [0.25, 0.3) is 5.91 Å². The van der Waals surface area contributed by atoms with E-state index >= 15 is 0 Å². The molecule has 116 valence electrons. The zero-order valence-corrected chi connectivity index (χ0v) is 13.0. The van der Waals surface area contributed by atoms with Gasteiger partial charge in [0.1, 0.15) is 10.7 Å². The zero-order valence-electron chi connectivity index (χ0n) is 12.2. The summed E-state index contributed by atoms with van der Waals surface area (Å²) in [6.07, 6.45) is 1.08. The van der Waals surface area contributed by atoms with Crippen LogP contribution in [0.15, 0.2) is 0 Å². The van der Waals surface area contributed by atoms with Gasteiger partial charge in [0.2, 0.25) is 5.91 Å². The first-order valence-electron chi connectivity index (χ1n) is 7.03. The van der Waals surface area contributed by atoms with E-state index in [4.69, 9.17) is 5.73 Å². The maximum absolute atomic E-state index is 12.2. The van der Waals surface area contributed by atoms with Crippen LogP contribution in [0.1, 0.15) is 36.4 Å². The Bertz CT molecular complexity index is 519. The third-order valence-corrected chi connectivity index (χ3v) is 4.15. The third-order valence-electron chi connectivity index (χ3n) is 3.12. The van der Waals surface area contributed by atoms with Crippen molar-refractivity contribution in [3.63, 3.8) is 0 Å². The van der Waals surface area contributed by atoms with Gasteiger partial charge in [-0.25, -0.2) is 4.98 Å². The van der Waals surface area contributed by atoms with Gasteiger partial charge in [0, 0.05) is 25.6 Å². The maximum atomic E-state index is 12.2. The molecule has 2 heterocycles. The van der Waals surface area contributed by atoms with Crippen molar-refractivity contribution in [1.82, 2.24) is 15.6 Å². The van der Waals surface area contributed by atoms with E-state index < -0.39 is 0 Å². The summed E-state index contributed by atoms with van der Waals surface area (Å²) in [5.41, 5.74) is 5.80. The number of nitrogens with one attached hydrogen (secondary N) is 3. The van der Waals surface area contributed by atoms with Crippen LogP contribution in [-0.2, 0) is 4.79 Å². The normalized spacial score (nSPS) is 18.4. The largest absolute Gasteiger partial charge is 0.382 e. The van der Waals surface area contributed by atoms with Crippen LogP contribution in [0.4, 0.5) is 10.9 Å². The SMILES string of the molecule is CC(C)CNc1nc(N)c(C(=O)NC2CCC(=O)NC2)s1. The number of rotatable bonds is 5. The standard InChI is InChI=1S/C13H21N5O2S/c1-7(2)5-16-13-18-11(14)10(21-13)12(20)17-8-3-4-9(19)15-6-8/h7-8H,3-6,14H2,1-2H3,(H,15,19)(H,16,18)(H,17,20). The molecule has 1 saturated heterocycles. The van der Waals surface area contributed by atoms with Gasteiger partial charge in [-0.15, -0.1) is 0 Å². The van der Waals surface area contributed by atoms with Gasteiger partial charge in [-0.2, -0.15) is 0 Å². The minimum absolute atomic E-state index is 0.0259. The average Bonchev–Trinajstić information content (AvgIpc) is 2.80. The molecule has 1 fully saturated rings. The first kappa shape index (κ1) is 15.6. The van der Waals surface area contributed by atoms with Crippen LogP contribution >= 0.6 is 11.3 Å². The van der Waals surface area contributed by atoms with E-state index in [2.05, 4.69) is 34.8 Å². The molecule has 7 nitrogen and oxygen atoms in total. The lowest BCUT2D eigenvalue weighted by atomic mass is 10.1. The molecular formula is C13H21N5O2S. The molecular weight excluding hydrogens is 290 g/mol. The summed E-state index contributed by atoms with van der Waals surface area (Å²) in [6.45, 7) is 5.42. The Balaban J connectivity index is 1.94. The van der Waals surface area contributed by atoms with Crippen LogP contribution in [0.2, 0.25) is 0 Å². The number of nitrogens with zero attached hydrogens (tertiary/aromatic N) is 1. The summed E-state index contributed by atoms with van der Waals surface area (Å²) in [6, 6.07) is -0.0521. The minimum Gasteiger partial charge on any atom is -0.382 e. The van der Waals surface area contributed by atoms with Crippen LogP contribution in [0.3, 0.4) is 0 Å². The van der Waals surface area contributed by atoms with Crippen molar-refractivity contribution in [1.29, 1.82) is 0 Å². The molecule has 2 rings (SSSR count). The second kappa shape index (κ2) is 6.75. The Morgan fingerprint density at radius 2 is 2.33 bits per heavy atom. The highest BCUT2D eigenvalue weighted by Crippen LogP contribution is 2.25. The third kappa shape index (κ3) is 4.32. The fraction of sp³-hybridized carbons (Fsp3) is 0.615. The van der Waals surface area contributed by atoms with Crippen LogP contribution < -0.4 is 21.7 Å². The lowest BCUT2D eigenvalue weighted by Gasteiger charge is -2.23. The van der Waals surface area contributed by atoms with Gasteiger partial charge in [-0.1, -0.05) is 25.2 Å². The maximum Gasteiger partial charge on any atom is 0.265 e. The summed E-state index contributed by atoms with van der Waals surface area (Å²) in [5.74, 6) is 0.517. The van der Waals surface area contributed by atoms with Gasteiger partial charge in [0.05, 0.1) is 0 Å². The molecule has 0 aromatic carbocycles. The van der Waals surface area contributed by atoms with E-state index in [9.17, 15) is 9.59 Å². The van der Waals surface area contributed by atoms with E-state index in [1.54, 1.807) is 0 Å². The number of carbonyl (C=O) groups excluding carboxylic acids is 2. The first-order chi connectivity index (χ1) is 9.95. The van der Waals surface area contributed by atoms with Crippen LogP contribution in [0.5, 0.6) is 0 Å². The molecule has 1 aromatic rings. The molecule has 0 radical (unpaired) electrons. The van der Waals surface area contributed by atoms with E-state index in [0.29, 0.717) is 35.3 Å². The molecule has 0 aliphatic carbocycles. The molecule has 2 amide bonds. The molecule has 0 spiro atoms. The number of nitrogen functional groups attached to an aromatic ring is 1. The lowest BCUT2D eigenvalue weighted by molar-refractivity contribution is -0.122. The van der Waals surface area contributed by atoms with Crippen molar-refractivity contribution in [3.05, 3.63) is 4.88 Å². The number of anilines is 2. The fourth-order valence-corrected chi connectivity index (χ4v) is 2.76. The highest BCUT2D eigenvalue weighted by Gasteiger charge is 2.23. The molecule has 1 unspecified atom stereocenters. The van der Waals surface area contributed by atoms with E-state index in [1.807, 2.05) is 0 Å². The monoisotopic (exact) mass is 311 g/mol. The van der Waals surface area contributed by atoms with Crippen molar-refractivity contribution in [2.75, 3.05) is 24.1 Å². The number of hydrogen-bond donors (Lipinski definition) is 4. The number of piperidine rings is 1. The topological polar surface area (TPSA) is 109 Å². The van der Waals surface area contributed by atoms with E-state index in [0.717, 1.165) is 6.54 Å². The molecule has 1 aliphatic rings. The molecule has 1 aliphatic heterocycles. The van der Waals surface area contributed by atoms with Gasteiger partial charge in [0.15, 0.2) is 5.13 Å². The zero-order chi connectivity index (χ0) is 15.4. The molecule has 1 atom stereocenters. The summed E-state index contributed by atoms with van der Waals surface area (Å²) < 4.78 is 0. The van der Waals surface area contributed by atoms with Crippen molar-refractivity contribution in [2.45, 2.75) is 32.7 Å². The summed E-state index contributed by atoms with van der Waals surface area (Å²) in [4.78, 5) is 27.9. The van der Waals surface area contributed by atoms with E-state index in [1.165, 1.54) is 11.3 Å². The predicted octanol–water partition coefficient (Wildman–Crippen LogP) is 0.802. The Morgan fingerprint density at radius 1 is 1.57 bits per heavy atom. The Labute approximate surface area is 127 Å². The van der Waals surface area contributed by atoms with Crippen molar-refractivity contribution < 1.29 is 9.59 Å². The quantitative estimate of drug-likeness (QED) is 0.643. The molecule has 0 bridgehead atoms.